The van der Waals surface area contributed by atoms with Gasteiger partial charge in [0.25, 0.3) is 5.91 Å². The Kier molecular flexibility index (Phi) is 8.38. The van der Waals surface area contributed by atoms with Crippen molar-refractivity contribution in [3.05, 3.63) is 65.2 Å². The third-order valence-corrected chi connectivity index (χ3v) is 6.23. The zero-order valence-electron chi connectivity index (χ0n) is 16.9. The molecular weight excluding hydrogens is 398 g/mol. The molecule has 0 aromatic heterocycles. The van der Waals surface area contributed by atoms with Crippen molar-refractivity contribution in [1.82, 2.24) is 10.2 Å². The van der Waals surface area contributed by atoms with Gasteiger partial charge in [-0.1, -0.05) is 29.8 Å². The van der Waals surface area contributed by atoms with Crippen LogP contribution in [-0.2, 0) is 5.75 Å². The smallest absolute Gasteiger partial charge is 0.253 e. The molecule has 6 heteroatoms. The van der Waals surface area contributed by atoms with E-state index in [-0.39, 0.29) is 5.91 Å². The first-order valence-electron chi connectivity index (χ1n) is 10.2. The number of benzene rings is 2. The quantitative estimate of drug-likeness (QED) is 0.489. The molecule has 154 valence electrons. The van der Waals surface area contributed by atoms with Gasteiger partial charge < -0.3 is 15.5 Å². The molecule has 1 amide bonds. The third-order valence-electron chi connectivity index (χ3n) is 4.95. The second-order valence-corrected chi connectivity index (χ2v) is 8.86. The predicted octanol–water partition coefficient (Wildman–Crippen LogP) is 4.84. The fraction of sp³-hybridized carbons (Fsp3) is 0.391. The Morgan fingerprint density at radius 2 is 1.72 bits per heavy atom. The van der Waals surface area contributed by atoms with Gasteiger partial charge in [-0.15, -0.1) is 0 Å². The minimum atomic E-state index is 0.127. The molecule has 3 rings (SSSR count). The molecule has 1 fully saturated rings. The highest BCUT2D eigenvalue weighted by Gasteiger charge is 2.17. The highest BCUT2D eigenvalue weighted by Crippen LogP contribution is 2.16. The van der Waals surface area contributed by atoms with E-state index in [1.54, 1.807) is 0 Å². The Hall–Kier alpha value is -2.05. The fourth-order valence-electron chi connectivity index (χ4n) is 3.26. The predicted molar refractivity (Wildman–Crippen MR) is 128 cm³/mol. The van der Waals surface area contributed by atoms with Gasteiger partial charge in [0.1, 0.15) is 0 Å². The Morgan fingerprint density at radius 3 is 2.41 bits per heavy atom. The number of anilines is 1. The van der Waals surface area contributed by atoms with E-state index in [0.29, 0.717) is 5.11 Å². The molecule has 4 nitrogen and oxygen atoms in total. The fourth-order valence-corrected chi connectivity index (χ4v) is 4.30. The van der Waals surface area contributed by atoms with E-state index >= 15 is 0 Å². The third kappa shape index (κ3) is 7.05. The maximum absolute atomic E-state index is 12.5. The van der Waals surface area contributed by atoms with E-state index in [9.17, 15) is 4.79 Å². The molecule has 0 bridgehead atoms. The molecule has 0 spiro atoms. The zero-order chi connectivity index (χ0) is 20.5. The molecule has 2 aromatic carbocycles. The van der Waals surface area contributed by atoms with Crippen LogP contribution in [0.4, 0.5) is 5.69 Å². The monoisotopic (exact) mass is 427 g/mol. The first kappa shape index (κ1) is 21.7. The standard InChI is InChI=1S/C23H29N3OS2/c1-18-5-7-19(8-6-18)17-29-16-13-24-23(28)25-21-11-9-20(10-12-21)22(27)26-14-3-2-4-15-26/h5-12H,2-4,13-17H2,1H3,(H2,24,25,28). The molecule has 1 saturated heterocycles. The van der Waals surface area contributed by atoms with Gasteiger partial charge in [-0.25, -0.2) is 0 Å². The number of amides is 1. The Labute approximate surface area is 183 Å². The first-order valence-corrected chi connectivity index (χ1v) is 11.8. The van der Waals surface area contributed by atoms with E-state index in [1.165, 1.54) is 17.5 Å². The number of nitrogens with one attached hydrogen (secondary N) is 2. The Balaban J connectivity index is 1.35. The van der Waals surface area contributed by atoms with Crippen LogP contribution in [0.3, 0.4) is 0 Å². The van der Waals surface area contributed by atoms with Crippen molar-refractivity contribution >= 4 is 40.7 Å². The van der Waals surface area contributed by atoms with E-state index < -0.39 is 0 Å². The number of hydrogen-bond acceptors (Lipinski definition) is 3. The van der Waals surface area contributed by atoms with Crippen molar-refractivity contribution in [3.63, 3.8) is 0 Å². The topological polar surface area (TPSA) is 44.4 Å². The van der Waals surface area contributed by atoms with E-state index in [2.05, 4.69) is 41.8 Å². The average molecular weight is 428 g/mol. The van der Waals surface area contributed by atoms with Crippen LogP contribution in [0.2, 0.25) is 0 Å². The number of likely N-dealkylation sites (tertiary alicyclic amines) is 1. The maximum atomic E-state index is 12.5. The summed E-state index contributed by atoms with van der Waals surface area (Å²) < 4.78 is 0. The van der Waals surface area contributed by atoms with Gasteiger partial charge in [-0.3, -0.25) is 4.79 Å². The average Bonchev–Trinajstić information content (AvgIpc) is 2.75. The lowest BCUT2D eigenvalue weighted by Crippen LogP contribution is -2.35. The maximum Gasteiger partial charge on any atom is 0.253 e. The van der Waals surface area contributed by atoms with Crippen LogP contribution in [0, 0.1) is 6.92 Å². The molecule has 0 aliphatic carbocycles. The molecule has 0 unspecified atom stereocenters. The van der Waals surface area contributed by atoms with Crippen LogP contribution in [0.5, 0.6) is 0 Å². The minimum absolute atomic E-state index is 0.127. The number of carbonyl (C=O) groups is 1. The molecular formula is C23H29N3OS2. The molecule has 2 N–H and O–H groups in total. The van der Waals surface area contributed by atoms with Gasteiger partial charge >= 0.3 is 0 Å². The van der Waals surface area contributed by atoms with Gasteiger partial charge in [0.05, 0.1) is 0 Å². The zero-order valence-corrected chi connectivity index (χ0v) is 18.6. The van der Waals surface area contributed by atoms with Gasteiger partial charge in [-0.2, -0.15) is 11.8 Å². The number of rotatable bonds is 7. The van der Waals surface area contributed by atoms with Crippen molar-refractivity contribution in [2.75, 3.05) is 30.7 Å². The highest BCUT2D eigenvalue weighted by molar-refractivity contribution is 7.98. The van der Waals surface area contributed by atoms with Crippen LogP contribution in [0.25, 0.3) is 0 Å². The minimum Gasteiger partial charge on any atom is -0.362 e. The summed E-state index contributed by atoms with van der Waals surface area (Å²) in [4.78, 5) is 14.5. The van der Waals surface area contributed by atoms with Gasteiger partial charge in [0.15, 0.2) is 5.11 Å². The van der Waals surface area contributed by atoms with Crippen LogP contribution < -0.4 is 10.6 Å². The second-order valence-electron chi connectivity index (χ2n) is 7.35. The number of carbonyl (C=O) groups excluding carboxylic acids is 1. The molecule has 29 heavy (non-hydrogen) atoms. The summed E-state index contributed by atoms with van der Waals surface area (Å²) in [6.45, 7) is 4.66. The second kappa shape index (κ2) is 11.2. The van der Waals surface area contributed by atoms with Crippen molar-refractivity contribution in [2.45, 2.75) is 31.9 Å². The summed E-state index contributed by atoms with van der Waals surface area (Å²) in [6.07, 6.45) is 3.44. The summed E-state index contributed by atoms with van der Waals surface area (Å²) in [6, 6.07) is 16.2. The molecule has 2 aromatic rings. The van der Waals surface area contributed by atoms with Crippen molar-refractivity contribution in [2.24, 2.45) is 0 Å². The van der Waals surface area contributed by atoms with Crippen LogP contribution in [-0.4, -0.2) is 41.3 Å². The molecule has 0 saturated carbocycles. The number of aryl methyl sites for hydroxylation is 1. The molecule has 1 heterocycles. The lowest BCUT2D eigenvalue weighted by Gasteiger charge is -2.26. The van der Waals surface area contributed by atoms with Gasteiger partial charge in [0.2, 0.25) is 0 Å². The SMILES string of the molecule is Cc1ccc(CSCCNC(=S)Nc2ccc(C(=O)N3CCCCC3)cc2)cc1. The van der Waals surface area contributed by atoms with Gasteiger partial charge in [-0.05, 0) is 68.2 Å². The molecule has 0 atom stereocenters. The number of piperidine rings is 1. The summed E-state index contributed by atoms with van der Waals surface area (Å²) in [5, 5.41) is 7.04. The van der Waals surface area contributed by atoms with E-state index in [1.807, 2.05) is 40.9 Å². The summed E-state index contributed by atoms with van der Waals surface area (Å²) in [7, 11) is 0. The number of thioether (sulfide) groups is 1. The first-order chi connectivity index (χ1) is 14.1. The molecule has 0 radical (unpaired) electrons. The molecule has 1 aliphatic rings. The summed E-state index contributed by atoms with van der Waals surface area (Å²) in [5.41, 5.74) is 4.27. The largest absolute Gasteiger partial charge is 0.362 e. The van der Waals surface area contributed by atoms with E-state index in [4.69, 9.17) is 12.2 Å². The highest BCUT2D eigenvalue weighted by atomic mass is 32.2. The molecule has 1 aliphatic heterocycles. The van der Waals surface area contributed by atoms with E-state index in [0.717, 1.165) is 55.2 Å². The Morgan fingerprint density at radius 1 is 1.03 bits per heavy atom. The van der Waals surface area contributed by atoms with Crippen LogP contribution in [0.1, 0.15) is 40.7 Å². The van der Waals surface area contributed by atoms with Crippen molar-refractivity contribution in [1.29, 1.82) is 0 Å². The Bertz CT molecular complexity index is 800. The normalized spacial score (nSPS) is 13.8. The number of hydrogen-bond donors (Lipinski definition) is 2. The van der Waals surface area contributed by atoms with Crippen molar-refractivity contribution in [3.8, 4) is 0 Å². The van der Waals surface area contributed by atoms with Crippen molar-refractivity contribution < 1.29 is 4.79 Å². The van der Waals surface area contributed by atoms with Gasteiger partial charge in [0, 0.05) is 42.4 Å². The summed E-state index contributed by atoms with van der Waals surface area (Å²) >= 11 is 7.26. The number of thiocarbonyl (C=S) groups is 1. The lowest BCUT2D eigenvalue weighted by molar-refractivity contribution is 0.0724. The lowest BCUT2D eigenvalue weighted by atomic mass is 10.1. The summed E-state index contributed by atoms with van der Waals surface area (Å²) in [5.74, 6) is 2.12. The van der Waals surface area contributed by atoms with Crippen LogP contribution >= 0.6 is 24.0 Å². The van der Waals surface area contributed by atoms with Crippen LogP contribution in [0.15, 0.2) is 48.5 Å². The number of nitrogens with zero attached hydrogens (tertiary/aromatic N) is 1.